The third-order valence-electron chi connectivity index (χ3n) is 2.93. The van der Waals surface area contributed by atoms with Crippen molar-refractivity contribution in [2.75, 3.05) is 6.54 Å². The standard InChI is InChI=1S/C13H17BrClN5/c1-3-7-16-11(8-12-17-19-20(2)18-12)9-5-4-6-10(14)13(9)15/h4-6,11,16H,3,7-8H2,1-2H3. The lowest BCUT2D eigenvalue weighted by molar-refractivity contribution is 0.517. The number of benzene rings is 1. The maximum atomic E-state index is 6.39. The highest BCUT2D eigenvalue weighted by atomic mass is 79.9. The summed E-state index contributed by atoms with van der Waals surface area (Å²) in [7, 11) is 1.76. The maximum Gasteiger partial charge on any atom is 0.176 e. The van der Waals surface area contributed by atoms with Crippen LogP contribution in [0.1, 0.15) is 30.8 Å². The summed E-state index contributed by atoms with van der Waals surface area (Å²) in [6.07, 6.45) is 1.71. The van der Waals surface area contributed by atoms with Crippen LogP contribution in [0.15, 0.2) is 22.7 Å². The maximum absolute atomic E-state index is 6.39. The Hall–Kier alpha value is -0.980. The van der Waals surface area contributed by atoms with Gasteiger partial charge in [0.2, 0.25) is 0 Å². The average molecular weight is 359 g/mol. The van der Waals surface area contributed by atoms with Crippen molar-refractivity contribution in [3.05, 3.63) is 39.1 Å². The van der Waals surface area contributed by atoms with Crippen LogP contribution in [-0.2, 0) is 13.5 Å². The van der Waals surface area contributed by atoms with Gasteiger partial charge in [-0.3, -0.25) is 0 Å². The van der Waals surface area contributed by atoms with Crippen molar-refractivity contribution < 1.29 is 0 Å². The summed E-state index contributed by atoms with van der Waals surface area (Å²) in [5.41, 5.74) is 1.04. The van der Waals surface area contributed by atoms with Crippen molar-refractivity contribution in [3.8, 4) is 0 Å². The van der Waals surface area contributed by atoms with E-state index >= 15 is 0 Å². The van der Waals surface area contributed by atoms with Crippen molar-refractivity contribution in [3.63, 3.8) is 0 Å². The SMILES string of the molecule is CCCNC(Cc1nnn(C)n1)c1cccc(Br)c1Cl. The number of rotatable bonds is 6. The zero-order valence-electron chi connectivity index (χ0n) is 11.5. The Kier molecular flexibility index (Phi) is 5.51. The lowest BCUT2D eigenvalue weighted by Crippen LogP contribution is -2.25. The van der Waals surface area contributed by atoms with E-state index in [1.807, 2.05) is 18.2 Å². The molecule has 1 atom stereocenters. The Bertz CT molecular complexity index is 572. The molecule has 0 saturated heterocycles. The number of nitrogens with one attached hydrogen (secondary N) is 1. The normalized spacial score (nSPS) is 12.6. The van der Waals surface area contributed by atoms with Gasteiger partial charge in [-0.25, -0.2) is 0 Å². The Morgan fingerprint density at radius 3 is 2.90 bits per heavy atom. The number of nitrogens with zero attached hydrogens (tertiary/aromatic N) is 4. The van der Waals surface area contributed by atoms with Crippen molar-refractivity contribution in [1.82, 2.24) is 25.5 Å². The smallest absolute Gasteiger partial charge is 0.176 e. The van der Waals surface area contributed by atoms with Crippen LogP contribution in [0, 0.1) is 0 Å². The molecule has 1 aromatic carbocycles. The van der Waals surface area contributed by atoms with Gasteiger partial charge in [-0.2, -0.15) is 4.80 Å². The van der Waals surface area contributed by atoms with Crippen LogP contribution in [0.25, 0.3) is 0 Å². The lowest BCUT2D eigenvalue weighted by Gasteiger charge is -2.19. The molecule has 0 radical (unpaired) electrons. The predicted molar refractivity (Wildman–Crippen MR) is 82.7 cm³/mol. The lowest BCUT2D eigenvalue weighted by atomic mass is 10.0. The highest BCUT2D eigenvalue weighted by Gasteiger charge is 2.18. The molecule has 20 heavy (non-hydrogen) atoms. The number of aromatic nitrogens is 4. The molecule has 1 aromatic heterocycles. The van der Waals surface area contributed by atoms with E-state index in [2.05, 4.69) is 43.6 Å². The number of aryl methyl sites for hydroxylation is 1. The largest absolute Gasteiger partial charge is 0.310 e. The number of tetrazole rings is 1. The Morgan fingerprint density at radius 2 is 2.25 bits per heavy atom. The number of hydrogen-bond acceptors (Lipinski definition) is 4. The molecule has 1 N–H and O–H groups in total. The van der Waals surface area contributed by atoms with E-state index < -0.39 is 0 Å². The first-order valence-electron chi connectivity index (χ1n) is 6.52. The molecule has 2 aromatic rings. The van der Waals surface area contributed by atoms with Gasteiger partial charge in [-0.05, 0) is 45.7 Å². The van der Waals surface area contributed by atoms with Crippen LogP contribution in [0.4, 0.5) is 0 Å². The molecule has 5 nitrogen and oxygen atoms in total. The monoisotopic (exact) mass is 357 g/mol. The molecule has 1 unspecified atom stereocenters. The second-order valence-electron chi connectivity index (χ2n) is 4.55. The Morgan fingerprint density at radius 1 is 1.45 bits per heavy atom. The first kappa shape index (κ1) is 15.4. The van der Waals surface area contributed by atoms with Crippen molar-refractivity contribution in [2.45, 2.75) is 25.8 Å². The third kappa shape index (κ3) is 3.77. The summed E-state index contributed by atoms with van der Waals surface area (Å²) in [4.78, 5) is 1.47. The van der Waals surface area contributed by atoms with Crippen molar-refractivity contribution in [1.29, 1.82) is 0 Å². The van der Waals surface area contributed by atoms with E-state index in [9.17, 15) is 0 Å². The average Bonchev–Trinajstić information content (AvgIpc) is 2.83. The molecule has 0 bridgehead atoms. The molecular weight excluding hydrogens is 342 g/mol. The van der Waals surface area contributed by atoms with E-state index in [-0.39, 0.29) is 6.04 Å². The van der Waals surface area contributed by atoms with Gasteiger partial charge in [0, 0.05) is 16.9 Å². The summed E-state index contributed by atoms with van der Waals surface area (Å²) in [6.45, 7) is 3.04. The quantitative estimate of drug-likeness (QED) is 0.862. The molecule has 0 aliphatic heterocycles. The van der Waals surface area contributed by atoms with Crippen LogP contribution in [0.2, 0.25) is 5.02 Å². The number of hydrogen-bond donors (Lipinski definition) is 1. The zero-order chi connectivity index (χ0) is 14.5. The molecule has 0 aliphatic rings. The number of halogens is 2. The van der Waals surface area contributed by atoms with E-state index in [1.165, 1.54) is 4.80 Å². The molecule has 108 valence electrons. The molecular formula is C13H17BrClN5. The van der Waals surface area contributed by atoms with Gasteiger partial charge in [0.05, 0.1) is 12.1 Å². The molecule has 0 amide bonds. The molecule has 0 aliphatic carbocycles. The van der Waals surface area contributed by atoms with Gasteiger partial charge in [0.15, 0.2) is 5.82 Å². The first-order chi connectivity index (χ1) is 9.61. The third-order valence-corrected chi connectivity index (χ3v) is 4.24. The predicted octanol–water partition coefficient (Wildman–Crippen LogP) is 2.91. The minimum atomic E-state index is 0.0733. The fraction of sp³-hybridized carbons (Fsp3) is 0.462. The van der Waals surface area contributed by atoms with Crippen LogP contribution in [0.5, 0.6) is 0 Å². The van der Waals surface area contributed by atoms with Crippen molar-refractivity contribution >= 4 is 27.5 Å². The van der Waals surface area contributed by atoms with Gasteiger partial charge < -0.3 is 5.32 Å². The van der Waals surface area contributed by atoms with Gasteiger partial charge in [0.1, 0.15) is 0 Å². The van der Waals surface area contributed by atoms with E-state index in [0.717, 1.165) is 28.0 Å². The molecule has 7 heteroatoms. The van der Waals surface area contributed by atoms with Crippen LogP contribution < -0.4 is 5.32 Å². The summed E-state index contributed by atoms with van der Waals surface area (Å²) in [6, 6.07) is 6.01. The van der Waals surface area contributed by atoms with E-state index in [4.69, 9.17) is 11.6 Å². The van der Waals surface area contributed by atoms with Gasteiger partial charge in [-0.15, -0.1) is 10.2 Å². The summed E-state index contributed by atoms with van der Waals surface area (Å²) in [5.74, 6) is 0.706. The summed E-state index contributed by atoms with van der Waals surface area (Å²) >= 11 is 9.85. The van der Waals surface area contributed by atoms with Crippen molar-refractivity contribution in [2.24, 2.45) is 7.05 Å². The van der Waals surface area contributed by atoms with Crippen LogP contribution in [-0.4, -0.2) is 26.8 Å². The van der Waals surface area contributed by atoms with E-state index in [0.29, 0.717) is 12.2 Å². The van der Waals surface area contributed by atoms with Gasteiger partial charge in [-0.1, -0.05) is 30.7 Å². The van der Waals surface area contributed by atoms with E-state index in [1.54, 1.807) is 7.05 Å². The molecule has 0 fully saturated rings. The molecule has 1 heterocycles. The molecule has 0 spiro atoms. The zero-order valence-corrected chi connectivity index (χ0v) is 13.8. The highest BCUT2D eigenvalue weighted by molar-refractivity contribution is 9.10. The summed E-state index contributed by atoms with van der Waals surface area (Å²) < 4.78 is 0.895. The topological polar surface area (TPSA) is 55.6 Å². The highest BCUT2D eigenvalue weighted by Crippen LogP contribution is 2.31. The Balaban J connectivity index is 2.24. The Labute approximate surface area is 131 Å². The minimum Gasteiger partial charge on any atom is -0.310 e. The second-order valence-corrected chi connectivity index (χ2v) is 5.78. The fourth-order valence-electron chi connectivity index (χ4n) is 1.99. The summed E-state index contributed by atoms with van der Waals surface area (Å²) in [5, 5.41) is 16.4. The molecule has 2 rings (SSSR count). The minimum absolute atomic E-state index is 0.0733. The van der Waals surface area contributed by atoms with Gasteiger partial charge in [0.25, 0.3) is 0 Å². The van der Waals surface area contributed by atoms with Crippen LogP contribution in [0.3, 0.4) is 0 Å². The van der Waals surface area contributed by atoms with Crippen LogP contribution >= 0.6 is 27.5 Å². The first-order valence-corrected chi connectivity index (χ1v) is 7.69. The molecule has 0 saturated carbocycles. The van der Waals surface area contributed by atoms with Gasteiger partial charge >= 0.3 is 0 Å². The fourth-order valence-corrected chi connectivity index (χ4v) is 2.63. The second kappa shape index (κ2) is 7.15.